The van der Waals surface area contributed by atoms with Crippen LogP contribution in [0.5, 0.6) is 0 Å². The maximum Gasteiger partial charge on any atom is 0.349 e. The summed E-state index contributed by atoms with van der Waals surface area (Å²) in [6, 6.07) is 10.9. The second-order valence-electron chi connectivity index (χ2n) is 6.63. The van der Waals surface area contributed by atoms with Gasteiger partial charge in [0.2, 0.25) is 0 Å². The minimum absolute atomic E-state index is 0.391. The Kier molecular flexibility index (Phi) is 8.16. The molecule has 0 bridgehead atoms. The number of nitrogens with zero attached hydrogens (tertiary/aromatic N) is 2. The predicted octanol–water partition coefficient (Wildman–Crippen LogP) is 5.15. The molecule has 29 heavy (non-hydrogen) atoms. The van der Waals surface area contributed by atoms with Crippen molar-refractivity contribution >= 4 is 25.6 Å². The molecule has 7 heteroatoms. The molecule has 0 radical (unpaired) electrons. The Morgan fingerprint density at radius 2 is 1.90 bits per heavy atom. The van der Waals surface area contributed by atoms with Crippen molar-refractivity contribution in [3.05, 3.63) is 39.9 Å². The largest absolute Gasteiger partial charge is 0.465 e. The summed E-state index contributed by atoms with van der Waals surface area (Å²) in [6.45, 7) is 8.72. The number of rotatable bonds is 7. The molecule has 1 aromatic heterocycles. The van der Waals surface area contributed by atoms with Gasteiger partial charge in [0.15, 0.2) is 8.32 Å². The number of hydrogen-bond donors (Lipinski definition) is 0. The number of esters is 1. The van der Waals surface area contributed by atoms with Crippen molar-refractivity contribution in [1.82, 2.24) is 4.98 Å². The molecule has 152 valence electrons. The third-order valence-corrected chi connectivity index (χ3v) is 11.0. The number of methoxy groups -OCH3 is 1. The summed E-state index contributed by atoms with van der Waals surface area (Å²) in [6.07, 6.45) is 0. The summed E-state index contributed by atoms with van der Waals surface area (Å²) in [5.74, 6) is 5.73. The minimum atomic E-state index is -1.66. The Hall–Kier alpha value is -2.45. The molecule has 0 amide bonds. The average Bonchev–Trinajstić information content (AvgIpc) is 3.15. The maximum absolute atomic E-state index is 11.8. The highest BCUT2D eigenvalue weighted by molar-refractivity contribution is 7.17. The van der Waals surface area contributed by atoms with Crippen LogP contribution in [-0.2, 0) is 9.16 Å². The number of aromatic nitrogens is 1. The van der Waals surface area contributed by atoms with Gasteiger partial charge >= 0.3 is 5.97 Å². The van der Waals surface area contributed by atoms with E-state index in [-0.39, 0.29) is 0 Å². The Balaban J connectivity index is 2.23. The summed E-state index contributed by atoms with van der Waals surface area (Å²) in [7, 11) is -0.311. The summed E-state index contributed by atoms with van der Waals surface area (Å²) in [5.41, 5.74) is 2.54. The fourth-order valence-electron chi connectivity index (χ4n) is 3.06. The highest BCUT2D eigenvalue weighted by atomic mass is 32.1. The first-order valence-electron chi connectivity index (χ1n) is 9.66. The number of benzene rings is 1. The number of thiazole rings is 1. The second kappa shape index (κ2) is 10.4. The second-order valence-corrected chi connectivity index (χ2v) is 12.4. The Bertz CT molecular complexity index is 970. The van der Waals surface area contributed by atoms with E-state index in [0.29, 0.717) is 33.3 Å². The number of hydrogen-bond acceptors (Lipinski definition) is 6. The van der Waals surface area contributed by atoms with E-state index >= 15 is 0 Å². The SMILES string of the molecule is CC[Si](CC)(CC)OCC#Cc1ccc(-c2nc(C)c(C(=O)OC)s2)cc1C#N. The quantitative estimate of drug-likeness (QED) is 0.348. The van der Waals surface area contributed by atoms with E-state index in [2.05, 4.69) is 43.7 Å². The zero-order valence-corrected chi connectivity index (χ0v) is 19.4. The molecular formula is C22H26N2O3SSi. The third kappa shape index (κ3) is 5.33. The van der Waals surface area contributed by atoms with Gasteiger partial charge in [-0.1, -0.05) is 38.7 Å². The zero-order chi connectivity index (χ0) is 21.4. The first-order valence-corrected chi connectivity index (χ1v) is 13.0. The van der Waals surface area contributed by atoms with E-state index in [9.17, 15) is 10.1 Å². The Morgan fingerprint density at radius 3 is 2.48 bits per heavy atom. The van der Waals surface area contributed by atoms with Crippen LogP contribution in [0.1, 0.15) is 47.3 Å². The van der Waals surface area contributed by atoms with E-state index in [4.69, 9.17) is 9.16 Å². The summed E-state index contributed by atoms with van der Waals surface area (Å²) < 4.78 is 10.9. The average molecular weight is 427 g/mol. The fraction of sp³-hybridized carbons (Fsp3) is 0.409. The van der Waals surface area contributed by atoms with Crippen LogP contribution in [0.15, 0.2) is 18.2 Å². The predicted molar refractivity (Wildman–Crippen MR) is 118 cm³/mol. The van der Waals surface area contributed by atoms with Crippen LogP contribution < -0.4 is 0 Å². The van der Waals surface area contributed by atoms with Crippen LogP contribution in [0.4, 0.5) is 0 Å². The highest BCUT2D eigenvalue weighted by Gasteiger charge is 2.28. The number of ether oxygens (including phenoxy) is 1. The van der Waals surface area contributed by atoms with Crippen LogP contribution in [0.2, 0.25) is 18.1 Å². The lowest BCUT2D eigenvalue weighted by Crippen LogP contribution is -2.35. The molecular weight excluding hydrogens is 400 g/mol. The molecule has 0 spiro atoms. The van der Waals surface area contributed by atoms with Crippen molar-refractivity contribution in [2.75, 3.05) is 13.7 Å². The van der Waals surface area contributed by atoms with Gasteiger partial charge in [0, 0.05) is 11.1 Å². The van der Waals surface area contributed by atoms with Crippen LogP contribution in [0.3, 0.4) is 0 Å². The van der Waals surface area contributed by atoms with Gasteiger partial charge in [-0.3, -0.25) is 0 Å². The van der Waals surface area contributed by atoms with Gasteiger partial charge in [0.25, 0.3) is 0 Å². The lowest BCUT2D eigenvalue weighted by Gasteiger charge is -2.26. The molecule has 0 atom stereocenters. The molecule has 0 unspecified atom stereocenters. The Morgan fingerprint density at radius 1 is 1.21 bits per heavy atom. The lowest BCUT2D eigenvalue weighted by atomic mass is 10.1. The summed E-state index contributed by atoms with van der Waals surface area (Å²) in [4.78, 5) is 16.7. The van der Waals surface area contributed by atoms with Gasteiger partial charge in [-0.25, -0.2) is 9.78 Å². The van der Waals surface area contributed by atoms with Crippen LogP contribution in [0.25, 0.3) is 10.6 Å². The van der Waals surface area contributed by atoms with Gasteiger partial charge in [-0.15, -0.1) is 11.3 Å². The number of carbonyl (C=O) groups excluding carboxylic acids is 1. The topological polar surface area (TPSA) is 72.2 Å². The molecule has 1 aromatic carbocycles. The lowest BCUT2D eigenvalue weighted by molar-refractivity contribution is 0.0605. The molecule has 0 aliphatic heterocycles. The van der Waals surface area contributed by atoms with E-state index in [1.807, 2.05) is 12.1 Å². The van der Waals surface area contributed by atoms with Crippen LogP contribution in [-0.4, -0.2) is 33.0 Å². The van der Waals surface area contributed by atoms with Crippen molar-refractivity contribution in [2.24, 2.45) is 0 Å². The van der Waals surface area contributed by atoms with E-state index in [1.54, 1.807) is 13.0 Å². The van der Waals surface area contributed by atoms with Crippen molar-refractivity contribution in [1.29, 1.82) is 5.26 Å². The molecule has 0 saturated carbocycles. The van der Waals surface area contributed by atoms with Crippen LogP contribution in [0, 0.1) is 30.1 Å². The van der Waals surface area contributed by atoms with Crippen molar-refractivity contribution in [3.8, 4) is 28.5 Å². The molecule has 5 nitrogen and oxygen atoms in total. The van der Waals surface area contributed by atoms with Crippen molar-refractivity contribution < 1.29 is 14.0 Å². The van der Waals surface area contributed by atoms with E-state index in [1.165, 1.54) is 18.4 Å². The van der Waals surface area contributed by atoms with Gasteiger partial charge in [-0.2, -0.15) is 5.26 Å². The van der Waals surface area contributed by atoms with Crippen molar-refractivity contribution in [2.45, 2.75) is 45.8 Å². The first kappa shape index (κ1) is 22.8. The highest BCUT2D eigenvalue weighted by Crippen LogP contribution is 2.29. The molecule has 0 fully saturated rings. The van der Waals surface area contributed by atoms with E-state index < -0.39 is 14.3 Å². The minimum Gasteiger partial charge on any atom is -0.465 e. The molecule has 1 heterocycles. The third-order valence-electron chi connectivity index (χ3n) is 5.16. The molecule has 2 aromatic rings. The Labute approximate surface area is 177 Å². The number of nitriles is 1. The maximum atomic E-state index is 11.8. The van der Waals surface area contributed by atoms with Crippen molar-refractivity contribution in [3.63, 3.8) is 0 Å². The molecule has 0 saturated heterocycles. The smallest absolute Gasteiger partial charge is 0.349 e. The summed E-state index contributed by atoms with van der Waals surface area (Å²) in [5, 5.41) is 10.2. The zero-order valence-electron chi connectivity index (χ0n) is 17.6. The monoisotopic (exact) mass is 426 g/mol. The number of aryl methyl sites for hydroxylation is 1. The van der Waals surface area contributed by atoms with Gasteiger partial charge in [0.05, 0.1) is 25.0 Å². The summed E-state index contributed by atoms with van der Waals surface area (Å²) >= 11 is 1.26. The molecule has 0 aliphatic carbocycles. The van der Waals surface area contributed by atoms with Gasteiger partial charge in [-0.05, 0) is 37.2 Å². The molecule has 2 rings (SSSR count). The van der Waals surface area contributed by atoms with E-state index in [0.717, 1.165) is 23.7 Å². The standard InChI is InChI=1S/C22H26N2O3SSi/c1-6-29(7-2,8-3)27-13-9-10-17-11-12-18(14-19(17)15-23)21-24-16(4)20(28-21)22(25)26-5/h11-12,14H,6-8,13H2,1-5H3. The van der Waals surface area contributed by atoms with Gasteiger partial charge in [0.1, 0.15) is 16.0 Å². The molecule has 0 N–H and O–H groups in total. The first-order chi connectivity index (χ1) is 13.9. The number of carbonyl (C=O) groups is 1. The van der Waals surface area contributed by atoms with Crippen LogP contribution >= 0.6 is 11.3 Å². The fourth-order valence-corrected chi connectivity index (χ4v) is 6.53. The normalized spacial score (nSPS) is 10.8. The molecule has 0 aliphatic rings. The van der Waals surface area contributed by atoms with Gasteiger partial charge < -0.3 is 9.16 Å².